The second-order valence-corrected chi connectivity index (χ2v) is 6.60. The highest BCUT2D eigenvalue weighted by molar-refractivity contribution is 7.89. The molecule has 1 aromatic carbocycles. The van der Waals surface area contributed by atoms with Gasteiger partial charge in [0, 0.05) is 11.7 Å². The lowest BCUT2D eigenvalue weighted by Gasteiger charge is -2.16. The van der Waals surface area contributed by atoms with E-state index in [2.05, 4.69) is 4.72 Å². The van der Waals surface area contributed by atoms with Gasteiger partial charge in [0.05, 0.1) is 4.90 Å². The van der Waals surface area contributed by atoms with Gasteiger partial charge in [0.1, 0.15) is 0 Å². The van der Waals surface area contributed by atoms with Gasteiger partial charge < -0.3 is 5.73 Å². The first kappa shape index (κ1) is 13.4. The molecule has 0 unspecified atom stereocenters. The van der Waals surface area contributed by atoms with Crippen molar-refractivity contribution in [2.75, 3.05) is 5.73 Å². The van der Waals surface area contributed by atoms with Crippen LogP contribution in [0.3, 0.4) is 0 Å². The van der Waals surface area contributed by atoms with Gasteiger partial charge in [0.25, 0.3) is 0 Å². The fourth-order valence-corrected chi connectivity index (χ4v) is 3.73. The van der Waals surface area contributed by atoms with Crippen molar-refractivity contribution in [1.29, 1.82) is 0 Å². The molecule has 0 saturated heterocycles. The number of nitrogens with two attached hydrogens (primary N) is 1. The van der Waals surface area contributed by atoms with Gasteiger partial charge >= 0.3 is 0 Å². The Morgan fingerprint density at radius 3 is 2.39 bits per heavy atom. The molecule has 5 heteroatoms. The summed E-state index contributed by atoms with van der Waals surface area (Å²) in [6.07, 6.45) is 6.48. The van der Waals surface area contributed by atoms with Gasteiger partial charge in [0.15, 0.2) is 0 Å². The van der Waals surface area contributed by atoms with Crippen LogP contribution >= 0.6 is 0 Å². The summed E-state index contributed by atoms with van der Waals surface area (Å²) in [5.41, 5.74) is 6.09. The topological polar surface area (TPSA) is 72.2 Å². The number of sulfonamides is 1. The number of nitrogen functional groups attached to an aromatic ring is 1. The lowest BCUT2D eigenvalue weighted by Crippen LogP contribution is -2.34. The van der Waals surface area contributed by atoms with Crippen LogP contribution in [0.15, 0.2) is 29.2 Å². The molecule has 4 nitrogen and oxygen atoms in total. The number of nitrogens with one attached hydrogen (secondary N) is 1. The van der Waals surface area contributed by atoms with Crippen molar-refractivity contribution < 1.29 is 8.42 Å². The fourth-order valence-electron chi connectivity index (χ4n) is 2.37. The van der Waals surface area contributed by atoms with Gasteiger partial charge in [-0.25, -0.2) is 13.1 Å². The van der Waals surface area contributed by atoms with E-state index in [9.17, 15) is 8.42 Å². The first-order valence-electron chi connectivity index (χ1n) is 6.46. The van der Waals surface area contributed by atoms with E-state index in [4.69, 9.17) is 5.73 Å². The molecule has 0 bridgehead atoms. The highest BCUT2D eigenvalue weighted by Crippen LogP contribution is 2.20. The van der Waals surface area contributed by atoms with Crippen molar-refractivity contribution in [2.45, 2.75) is 49.5 Å². The Bertz CT molecular complexity index is 491. The molecule has 0 aliphatic heterocycles. The van der Waals surface area contributed by atoms with Crippen molar-refractivity contribution >= 4 is 15.7 Å². The third-order valence-electron chi connectivity index (χ3n) is 3.35. The van der Waals surface area contributed by atoms with Gasteiger partial charge in [-0.2, -0.15) is 0 Å². The minimum Gasteiger partial charge on any atom is -0.399 e. The van der Waals surface area contributed by atoms with Crippen LogP contribution in [0.1, 0.15) is 38.5 Å². The van der Waals surface area contributed by atoms with Crippen LogP contribution in [0.4, 0.5) is 5.69 Å². The highest BCUT2D eigenvalue weighted by Gasteiger charge is 2.20. The zero-order valence-electron chi connectivity index (χ0n) is 10.4. The van der Waals surface area contributed by atoms with Crippen molar-refractivity contribution in [3.8, 4) is 0 Å². The lowest BCUT2D eigenvalue weighted by atomic mass is 10.1. The minimum absolute atomic E-state index is 0.0685. The third-order valence-corrected chi connectivity index (χ3v) is 4.86. The largest absolute Gasteiger partial charge is 0.399 e. The Labute approximate surface area is 109 Å². The van der Waals surface area contributed by atoms with Crippen molar-refractivity contribution in [1.82, 2.24) is 4.72 Å². The van der Waals surface area contributed by atoms with Gasteiger partial charge in [-0.1, -0.05) is 31.7 Å². The smallest absolute Gasteiger partial charge is 0.240 e. The van der Waals surface area contributed by atoms with E-state index in [0.717, 1.165) is 25.7 Å². The number of hydrogen-bond acceptors (Lipinski definition) is 3. The maximum absolute atomic E-state index is 12.2. The monoisotopic (exact) mass is 268 g/mol. The summed E-state index contributed by atoms with van der Waals surface area (Å²) in [5, 5.41) is 0. The maximum Gasteiger partial charge on any atom is 0.240 e. The molecule has 1 fully saturated rings. The average Bonchev–Trinajstić information content (AvgIpc) is 2.57. The van der Waals surface area contributed by atoms with Gasteiger partial charge in [-0.05, 0) is 31.0 Å². The summed E-state index contributed by atoms with van der Waals surface area (Å²) < 4.78 is 27.2. The molecule has 100 valence electrons. The van der Waals surface area contributed by atoms with Gasteiger partial charge in [-0.15, -0.1) is 0 Å². The molecule has 18 heavy (non-hydrogen) atoms. The second kappa shape index (κ2) is 5.71. The van der Waals surface area contributed by atoms with E-state index in [1.807, 2.05) is 0 Å². The minimum atomic E-state index is -3.43. The summed E-state index contributed by atoms with van der Waals surface area (Å²) >= 11 is 0. The Kier molecular flexibility index (Phi) is 4.24. The van der Waals surface area contributed by atoms with Crippen molar-refractivity contribution in [2.24, 2.45) is 0 Å². The summed E-state index contributed by atoms with van der Waals surface area (Å²) in [6.45, 7) is 0. The molecule has 1 aromatic rings. The predicted molar refractivity (Wildman–Crippen MR) is 72.7 cm³/mol. The van der Waals surface area contributed by atoms with Gasteiger partial charge in [-0.3, -0.25) is 0 Å². The molecule has 0 spiro atoms. The summed E-state index contributed by atoms with van der Waals surface area (Å²) in [7, 11) is -3.43. The maximum atomic E-state index is 12.2. The van der Waals surface area contributed by atoms with E-state index in [1.54, 1.807) is 18.2 Å². The van der Waals surface area contributed by atoms with E-state index >= 15 is 0 Å². The second-order valence-electron chi connectivity index (χ2n) is 4.88. The quantitative estimate of drug-likeness (QED) is 0.652. The molecule has 0 radical (unpaired) electrons. The third kappa shape index (κ3) is 3.46. The Morgan fingerprint density at radius 2 is 1.78 bits per heavy atom. The number of benzene rings is 1. The zero-order valence-corrected chi connectivity index (χ0v) is 11.2. The molecule has 0 aromatic heterocycles. The molecule has 0 amide bonds. The fraction of sp³-hybridized carbons (Fsp3) is 0.538. The SMILES string of the molecule is Nc1cccc(S(=O)(=O)NC2CCCCCC2)c1. The van der Waals surface area contributed by atoms with E-state index in [-0.39, 0.29) is 10.9 Å². The normalized spacial score (nSPS) is 18.4. The van der Waals surface area contributed by atoms with E-state index in [1.165, 1.54) is 18.9 Å². The van der Waals surface area contributed by atoms with Crippen molar-refractivity contribution in [3.63, 3.8) is 0 Å². The summed E-state index contributed by atoms with van der Waals surface area (Å²) in [6, 6.07) is 6.50. The average molecular weight is 268 g/mol. The molecular formula is C13H20N2O2S. The molecule has 3 N–H and O–H groups in total. The van der Waals surface area contributed by atoms with Crippen LogP contribution in [-0.4, -0.2) is 14.5 Å². The molecule has 0 heterocycles. The Morgan fingerprint density at radius 1 is 1.11 bits per heavy atom. The molecule has 2 rings (SSSR count). The molecule has 1 saturated carbocycles. The van der Waals surface area contributed by atoms with E-state index < -0.39 is 10.0 Å². The molecule has 0 atom stereocenters. The van der Waals surface area contributed by atoms with Crippen LogP contribution in [0, 0.1) is 0 Å². The van der Waals surface area contributed by atoms with E-state index in [0.29, 0.717) is 5.69 Å². The van der Waals surface area contributed by atoms with Crippen LogP contribution in [0.2, 0.25) is 0 Å². The Hall–Kier alpha value is -1.07. The summed E-state index contributed by atoms with van der Waals surface area (Å²) in [4.78, 5) is 0.256. The highest BCUT2D eigenvalue weighted by atomic mass is 32.2. The zero-order chi connectivity index (χ0) is 13.0. The number of anilines is 1. The summed E-state index contributed by atoms with van der Waals surface area (Å²) in [5.74, 6) is 0. The standard InChI is InChI=1S/C13H20N2O2S/c14-11-6-5-9-13(10-11)18(16,17)15-12-7-3-1-2-4-8-12/h5-6,9-10,12,15H,1-4,7-8,14H2. The van der Waals surface area contributed by atoms with Gasteiger partial charge in [0.2, 0.25) is 10.0 Å². The van der Waals surface area contributed by atoms with Crippen molar-refractivity contribution in [3.05, 3.63) is 24.3 Å². The molecule has 1 aliphatic carbocycles. The Balaban J connectivity index is 2.11. The first-order valence-corrected chi connectivity index (χ1v) is 7.94. The van der Waals surface area contributed by atoms with Crippen LogP contribution in [0.25, 0.3) is 0 Å². The van der Waals surface area contributed by atoms with Crippen LogP contribution in [-0.2, 0) is 10.0 Å². The molecular weight excluding hydrogens is 248 g/mol. The predicted octanol–water partition coefficient (Wildman–Crippen LogP) is 2.27. The number of hydrogen-bond donors (Lipinski definition) is 2. The number of rotatable bonds is 3. The van der Waals surface area contributed by atoms with Crippen LogP contribution in [0.5, 0.6) is 0 Å². The first-order chi connectivity index (χ1) is 8.58. The molecule has 1 aliphatic rings. The van der Waals surface area contributed by atoms with Crippen LogP contribution < -0.4 is 10.5 Å². The lowest BCUT2D eigenvalue weighted by molar-refractivity contribution is 0.510.